The number of nitrogens with two attached hydrogens (primary N) is 1. The molecule has 0 saturated heterocycles. The van der Waals surface area contributed by atoms with Gasteiger partial charge in [-0.25, -0.2) is 0 Å². The van der Waals surface area contributed by atoms with Crippen LogP contribution in [0.3, 0.4) is 0 Å². The minimum Gasteiger partial charge on any atom is -0.364 e. The molecule has 15 heavy (non-hydrogen) atoms. The maximum Gasteiger partial charge on any atom is 0.271 e. The molecule has 0 spiro atoms. The van der Waals surface area contributed by atoms with Crippen LogP contribution in [-0.2, 0) is 0 Å². The zero-order chi connectivity index (χ0) is 10.8. The first kappa shape index (κ1) is 9.85. The fourth-order valence-electron chi connectivity index (χ4n) is 1.24. The molecular weight excluding hydrogens is 260 g/mol. The molecule has 0 bridgehead atoms. The van der Waals surface area contributed by atoms with E-state index < -0.39 is 5.91 Å². The van der Waals surface area contributed by atoms with Crippen molar-refractivity contribution in [1.82, 2.24) is 15.4 Å². The van der Waals surface area contributed by atoms with Gasteiger partial charge < -0.3 is 5.73 Å². The number of aromatic nitrogens is 3. The molecule has 0 saturated carbocycles. The van der Waals surface area contributed by atoms with E-state index in [4.69, 9.17) is 5.73 Å². The van der Waals surface area contributed by atoms with Gasteiger partial charge in [0, 0.05) is 10.0 Å². The Balaban J connectivity index is 2.54. The molecule has 6 heteroatoms. The average Bonchev–Trinajstić information content (AvgIpc) is 2.65. The normalized spacial score (nSPS) is 10.2. The molecule has 0 atom stereocenters. The molecule has 3 N–H and O–H groups in total. The van der Waals surface area contributed by atoms with E-state index in [1.807, 2.05) is 24.3 Å². The second kappa shape index (κ2) is 3.82. The maximum atomic E-state index is 11.0. The highest BCUT2D eigenvalue weighted by molar-refractivity contribution is 9.10. The zero-order valence-corrected chi connectivity index (χ0v) is 9.15. The largest absolute Gasteiger partial charge is 0.364 e. The number of amides is 1. The lowest BCUT2D eigenvalue weighted by Crippen LogP contribution is -2.12. The molecule has 0 radical (unpaired) electrons. The predicted molar refractivity (Wildman–Crippen MR) is 58.0 cm³/mol. The van der Waals surface area contributed by atoms with Gasteiger partial charge in [0.05, 0.1) is 0 Å². The third-order valence-electron chi connectivity index (χ3n) is 1.88. The fourth-order valence-corrected chi connectivity index (χ4v) is 1.64. The number of primary amides is 1. The fraction of sp³-hybridized carbons (Fsp3) is 0. The Morgan fingerprint density at radius 2 is 2.20 bits per heavy atom. The summed E-state index contributed by atoms with van der Waals surface area (Å²) in [5, 5.41) is 9.97. The molecule has 0 aliphatic rings. The summed E-state index contributed by atoms with van der Waals surface area (Å²) in [6.45, 7) is 0. The summed E-state index contributed by atoms with van der Waals surface area (Å²) < 4.78 is 0.901. The number of aromatic amines is 1. The van der Waals surface area contributed by atoms with Crippen LogP contribution in [0.25, 0.3) is 11.3 Å². The first-order chi connectivity index (χ1) is 7.18. The van der Waals surface area contributed by atoms with Crippen LogP contribution in [0.2, 0.25) is 0 Å². The second-order valence-corrected chi connectivity index (χ2v) is 3.81. The van der Waals surface area contributed by atoms with Crippen LogP contribution < -0.4 is 5.73 Å². The second-order valence-electron chi connectivity index (χ2n) is 2.90. The summed E-state index contributed by atoms with van der Waals surface area (Å²) in [6.07, 6.45) is 0. The minimum absolute atomic E-state index is 0.146. The Bertz CT molecular complexity index is 508. The van der Waals surface area contributed by atoms with Gasteiger partial charge in [-0.15, -0.1) is 0 Å². The number of nitrogens with zero attached hydrogens (tertiary/aromatic N) is 2. The van der Waals surface area contributed by atoms with Gasteiger partial charge in [0.2, 0.25) is 0 Å². The highest BCUT2D eigenvalue weighted by atomic mass is 79.9. The predicted octanol–water partition coefficient (Wildman–Crippen LogP) is 1.33. The number of rotatable bonds is 2. The summed E-state index contributed by atoms with van der Waals surface area (Å²) in [4.78, 5) is 11.0. The number of H-pyrrole nitrogens is 1. The van der Waals surface area contributed by atoms with Crippen molar-refractivity contribution in [3.05, 3.63) is 34.4 Å². The number of halogens is 1. The van der Waals surface area contributed by atoms with Gasteiger partial charge in [0.1, 0.15) is 5.69 Å². The number of nitrogens with one attached hydrogen (secondary N) is 1. The average molecular weight is 267 g/mol. The van der Waals surface area contributed by atoms with Crippen molar-refractivity contribution in [2.75, 3.05) is 0 Å². The Morgan fingerprint density at radius 3 is 2.87 bits per heavy atom. The molecule has 1 aromatic carbocycles. The molecule has 0 unspecified atom stereocenters. The van der Waals surface area contributed by atoms with Crippen molar-refractivity contribution in [2.24, 2.45) is 5.73 Å². The molecule has 0 aliphatic heterocycles. The van der Waals surface area contributed by atoms with Crippen LogP contribution in [-0.4, -0.2) is 21.3 Å². The van der Waals surface area contributed by atoms with Crippen LogP contribution in [0.5, 0.6) is 0 Å². The molecule has 1 aromatic heterocycles. The van der Waals surface area contributed by atoms with Gasteiger partial charge >= 0.3 is 0 Å². The van der Waals surface area contributed by atoms with Crippen LogP contribution in [0.4, 0.5) is 0 Å². The van der Waals surface area contributed by atoms with Crippen LogP contribution in [0.15, 0.2) is 28.7 Å². The van der Waals surface area contributed by atoms with Gasteiger partial charge in [0.15, 0.2) is 5.69 Å². The number of hydrogen-bond donors (Lipinski definition) is 2. The lowest BCUT2D eigenvalue weighted by molar-refractivity contribution is 0.0996. The van der Waals surface area contributed by atoms with E-state index in [1.165, 1.54) is 0 Å². The quantitative estimate of drug-likeness (QED) is 0.860. The Labute approximate surface area is 93.8 Å². The van der Waals surface area contributed by atoms with E-state index >= 15 is 0 Å². The standard InChI is InChI=1S/C9H7BrN4O/c10-6-3-1-2-5(4-6)7-8(9(11)15)13-14-12-7/h1-4H,(H2,11,15)(H,12,13,14). The van der Waals surface area contributed by atoms with Crippen molar-refractivity contribution < 1.29 is 4.79 Å². The Hall–Kier alpha value is -1.69. The zero-order valence-electron chi connectivity index (χ0n) is 7.57. The lowest BCUT2D eigenvalue weighted by atomic mass is 10.1. The van der Waals surface area contributed by atoms with Gasteiger partial charge in [-0.2, -0.15) is 15.4 Å². The smallest absolute Gasteiger partial charge is 0.271 e. The molecule has 5 nitrogen and oxygen atoms in total. The third kappa shape index (κ3) is 1.89. The molecule has 2 aromatic rings. The van der Waals surface area contributed by atoms with Crippen molar-refractivity contribution in [3.63, 3.8) is 0 Å². The number of hydrogen-bond acceptors (Lipinski definition) is 3. The minimum atomic E-state index is -0.598. The van der Waals surface area contributed by atoms with E-state index in [9.17, 15) is 4.79 Å². The molecule has 0 fully saturated rings. The number of benzene rings is 1. The number of carbonyl (C=O) groups excluding carboxylic acids is 1. The maximum absolute atomic E-state index is 11.0. The van der Waals surface area contributed by atoms with E-state index in [0.29, 0.717) is 5.69 Å². The molecule has 2 rings (SSSR count). The van der Waals surface area contributed by atoms with Gasteiger partial charge in [-0.1, -0.05) is 28.1 Å². The van der Waals surface area contributed by atoms with E-state index in [-0.39, 0.29) is 5.69 Å². The van der Waals surface area contributed by atoms with Crippen molar-refractivity contribution in [1.29, 1.82) is 0 Å². The third-order valence-corrected chi connectivity index (χ3v) is 2.37. The summed E-state index contributed by atoms with van der Waals surface area (Å²) in [5.41, 5.74) is 6.55. The Morgan fingerprint density at radius 1 is 1.40 bits per heavy atom. The van der Waals surface area contributed by atoms with Gasteiger partial charge in [-0.3, -0.25) is 4.79 Å². The summed E-state index contributed by atoms with van der Waals surface area (Å²) in [7, 11) is 0. The van der Waals surface area contributed by atoms with Gasteiger partial charge in [0.25, 0.3) is 5.91 Å². The van der Waals surface area contributed by atoms with Crippen LogP contribution in [0, 0.1) is 0 Å². The van der Waals surface area contributed by atoms with E-state index in [2.05, 4.69) is 31.3 Å². The van der Waals surface area contributed by atoms with Crippen molar-refractivity contribution >= 4 is 21.8 Å². The molecule has 76 valence electrons. The van der Waals surface area contributed by atoms with Crippen LogP contribution in [0.1, 0.15) is 10.5 Å². The first-order valence-corrected chi connectivity index (χ1v) is 4.94. The van der Waals surface area contributed by atoms with Crippen molar-refractivity contribution in [2.45, 2.75) is 0 Å². The molecule has 0 aliphatic carbocycles. The first-order valence-electron chi connectivity index (χ1n) is 4.15. The van der Waals surface area contributed by atoms with Gasteiger partial charge in [-0.05, 0) is 12.1 Å². The summed E-state index contributed by atoms with van der Waals surface area (Å²) in [5.74, 6) is -0.598. The highest BCUT2D eigenvalue weighted by Gasteiger charge is 2.14. The molecular formula is C9H7BrN4O. The number of carbonyl (C=O) groups is 1. The lowest BCUT2D eigenvalue weighted by Gasteiger charge is -1.98. The van der Waals surface area contributed by atoms with E-state index in [0.717, 1.165) is 10.0 Å². The molecule has 1 amide bonds. The SMILES string of the molecule is NC(=O)c1n[nH]nc1-c1cccc(Br)c1. The summed E-state index contributed by atoms with van der Waals surface area (Å²) in [6, 6.07) is 7.39. The molecule has 1 heterocycles. The van der Waals surface area contributed by atoms with E-state index in [1.54, 1.807) is 0 Å². The topological polar surface area (TPSA) is 84.7 Å². The summed E-state index contributed by atoms with van der Waals surface area (Å²) >= 11 is 3.33. The monoisotopic (exact) mass is 266 g/mol. The van der Waals surface area contributed by atoms with Crippen molar-refractivity contribution in [3.8, 4) is 11.3 Å². The Kier molecular flexibility index (Phi) is 2.51. The highest BCUT2D eigenvalue weighted by Crippen LogP contribution is 2.22. The van der Waals surface area contributed by atoms with Crippen LogP contribution >= 0.6 is 15.9 Å².